The molecule has 7 heteroatoms. The number of anilines is 1. The SMILES string of the molecule is C[C@@H]1CN(C2CNC2)C[C@H](C)N1c1ccc([N+](=O)[O-])cc1.Cl. The third-order valence-corrected chi connectivity index (χ3v) is 4.58. The van der Waals surface area contributed by atoms with E-state index in [0.29, 0.717) is 18.1 Å². The lowest BCUT2D eigenvalue weighted by molar-refractivity contribution is -0.384. The number of nitrogens with one attached hydrogen (secondary N) is 1. The molecule has 0 radical (unpaired) electrons. The Morgan fingerprint density at radius 3 is 2.09 bits per heavy atom. The first kappa shape index (κ1) is 17.0. The Hall–Kier alpha value is -1.37. The summed E-state index contributed by atoms with van der Waals surface area (Å²) in [7, 11) is 0. The summed E-state index contributed by atoms with van der Waals surface area (Å²) in [5.41, 5.74) is 1.23. The molecule has 2 fully saturated rings. The van der Waals surface area contributed by atoms with Crippen LogP contribution in [0, 0.1) is 10.1 Å². The molecule has 2 aliphatic heterocycles. The molecule has 2 aliphatic rings. The van der Waals surface area contributed by atoms with E-state index in [-0.39, 0.29) is 23.0 Å². The second-order valence-electron chi connectivity index (χ2n) is 6.14. The van der Waals surface area contributed by atoms with Gasteiger partial charge in [-0.2, -0.15) is 0 Å². The maximum absolute atomic E-state index is 10.8. The molecule has 0 spiro atoms. The largest absolute Gasteiger partial charge is 0.364 e. The Balaban J connectivity index is 0.00000176. The van der Waals surface area contributed by atoms with E-state index in [0.717, 1.165) is 31.9 Å². The minimum atomic E-state index is -0.349. The molecule has 1 N–H and O–H groups in total. The van der Waals surface area contributed by atoms with Gasteiger partial charge >= 0.3 is 0 Å². The third kappa shape index (κ3) is 3.19. The highest BCUT2D eigenvalue weighted by atomic mass is 35.5. The van der Waals surface area contributed by atoms with Gasteiger partial charge in [0.25, 0.3) is 5.69 Å². The Bertz CT molecular complexity index is 509. The van der Waals surface area contributed by atoms with Gasteiger partial charge < -0.3 is 10.2 Å². The first-order valence-electron chi connectivity index (χ1n) is 7.54. The van der Waals surface area contributed by atoms with Gasteiger partial charge in [-0.1, -0.05) is 0 Å². The van der Waals surface area contributed by atoms with Crippen LogP contribution in [0.5, 0.6) is 0 Å². The number of halogens is 1. The molecular weight excluding hydrogens is 304 g/mol. The van der Waals surface area contributed by atoms with Crippen LogP contribution in [0.2, 0.25) is 0 Å². The Kier molecular flexibility index (Phi) is 5.26. The van der Waals surface area contributed by atoms with Gasteiger partial charge in [0.05, 0.1) is 4.92 Å². The van der Waals surface area contributed by atoms with Gasteiger partial charge in [0.2, 0.25) is 0 Å². The van der Waals surface area contributed by atoms with Crippen LogP contribution >= 0.6 is 12.4 Å². The van der Waals surface area contributed by atoms with Crippen molar-refractivity contribution in [2.24, 2.45) is 0 Å². The highest BCUT2D eigenvalue weighted by Crippen LogP contribution is 2.27. The van der Waals surface area contributed by atoms with Crippen molar-refractivity contribution in [3.63, 3.8) is 0 Å². The number of piperazine rings is 1. The lowest BCUT2D eigenvalue weighted by Crippen LogP contribution is -2.65. The average Bonchev–Trinajstić information content (AvgIpc) is 2.36. The van der Waals surface area contributed by atoms with Gasteiger partial charge in [0.1, 0.15) is 0 Å². The van der Waals surface area contributed by atoms with Gasteiger partial charge in [0.15, 0.2) is 0 Å². The van der Waals surface area contributed by atoms with Crippen molar-refractivity contribution >= 4 is 23.8 Å². The second-order valence-corrected chi connectivity index (χ2v) is 6.14. The lowest BCUT2D eigenvalue weighted by atomic mass is 10.0. The number of nitro benzene ring substituents is 1. The highest BCUT2D eigenvalue weighted by Gasteiger charge is 2.34. The van der Waals surface area contributed by atoms with Crippen molar-refractivity contribution in [3.8, 4) is 0 Å². The van der Waals surface area contributed by atoms with Crippen LogP contribution in [0.15, 0.2) is 24.3 Å². The maximum atomic E-state index is 10.8. The molecule has 2 saturated heterocycles. The van der Waals surface area contributed by atoms with Crippen LogP contribution in [0.3, 0.4) is 0 Å². The molecule has 122 valence electrons. The standard InChI is InChI=1S/C15H22N4O2.ClH/c1-11-9-17(15-7-16-8-15)10-12(2)18(11)13-3-5-14(6-4-13)19(20)21;/h3-6,11-12,15-16H,7-10H2,1-2H3;1H/t11-,12+;. The summed E-state index contributed by atoms with van der Waals surface area (Å²) < 4.78 is 0. The quantitative estimate of drug-likeness (QED) is 0.679. The van der Waals surface area contributed by atoms with E-state index in [4.69, 9.17) is 0 Å². The van der Waals surface area contributed by atoms with Crippen LogP contribution in [0.25, 0.3) is 0 Å². The molecule has 2 atom stereocenters. The number of hydrogen-bond donors (Lipinski definition) is 1. The van der Waals surface area contributed by atoms with Gasteiger partial charge in [-0.05, 0) is 26.0 Å². The zero-order valence-electron chi connectivity index (χ0n) is 12.9. The second kappa shape index (κ2) is 6.81. The Morgan fingerprint density at radius 2 is 1.68 bits per heavy atom. The van der Waals surface area contributed by atoms with Gasteiger partial charge in [-0.15, -0.1) is 12.4 Å². The van der Waals surface area contributed by atoms with E-state index in [1.165, 1.54) is 0 Å². The van der Waals surface area contributed by atoms with Crippen LogP contribution in [-0.4, -0.2) is 54.1 Å². The first-order chi connectivity index (χ1) is 10.1. The summed E-state index contributed by atoms with van der Waals surface area (Å²) >= 11 is 0. The first-order valence-corrected chi connectivity index (χ1v) is 7.54. The molecule has 0 aliphatic carbocycles. The van der Waals surface area contributed by atoms with Crippen molar-refractivity contribution in [1.82, 2.24) is 10.2 Å². The van der Waals surface area contributed by atoms with Crippen LogP contribution in [0.1, 0.15) is 13.8 Å². The van der Waals surface area contributed by atoms with Gasteiger partial charge in [0, 0.05) is 62.1 Å². The molecule has 0 aromatic heterocycles. The number of nitrogens with zero attached hydrogens (tertiary/aromatic N) is 3. The average molecular weight is 327 g/mol. The Labute approximate surface area is 137 Å². The summed E-state index contributed by atoms with van der Waals surface area (Å²) in [6.07, 6.45) is 0. The fourth-order valence-electron chi connectivity index (χ4n) is 3.45. The fraction of sp³-hybridized carbons (Fsp3) is 0.600. The summed E-state index contributed by atoms with van der Waals surface area (Å²) in [6, 6.07) is 8.42. The minimum absolute atomic E-state index is 0. The molecule has 0 amide bonds. The monoisotopic (exact) mass is 326 g/mol. The smallest absolute Gasteiger partial charge is 0.269 e. The number of nitro groups is 1. The van der Waals surface area contributed by atoms with E-state index in [2.05, 4.69) is 29.0 Å². The number of hydrogen-bond acceptors (Lipinski definition) is 5. The van der Waals surface area contributed by atoms with Crippen LogP contribution < -0.4 is 10.2 Å². The van der Waals surface area contributed by atoms with E-state index < -0.39 is 0 Å². The predicted octanol–water partition coefficient (Wildman–Crippen LogP) is 1.89. The molecule has 1 aromatic carbocycles. The molecule has 0 bridgehead atoms. The molecule has 0 unspecified atom stereocenters. The number of non-ortho nitro benzene ring substituents is 1. The molecule has 1 aromatic rings. The van der Waals surface area contributed by atoms with Gasteiger partial charge in [-0.3, -0.25) is 15.0 Å². The van der Waals surface area contributed by atoms with E-state index >= 15 is 0 Å². The molecule has 22 heavy (non-hydrogen) atoms. The minimum Gasteiger partial charge on any atom is -0.364 e. The van der Waals surface area contributed by atoms with Crippen molar-refractivity contribution in [3.05, 3.63) is 34.4 Å². The summed E-state index contributed by atoms with van der Waals surface area (Å²) in [4.78, 5) is 15.3. The van der Waals surface area contributed by atoms with Crippen molar-refractivity contribution < 1.29 is 4.92 Å². The fourth-order valence-corrected chi connectivity index (χ4v) is 3.45. The molecule has 0 saturated carbocycles. The Morgan fingerprint density at radius 1 is 1.14 bits per heavy atom. The molecule has 2 heterocycles. The van der Waals surface area contributed by atoms with Crippen molar-refractivity contribution in [2.75, 3.05) is 31.1 Å². The topological polar surface area (TPSA) is 61.6 Å². The zero-order chi connectivity index (χ0) is 15.0. The summed E-state index contributed by atoms with van der Waals surface area (Å²) in [5.74, 6) is 0. The molecule has 6 nitrogen and oxygen atoms in total. The molecule has 3 rings (SSSR count). The van der Waals surface area contributed by atoms with E-state index in [1.54, 1.807) is 12.1 Å². The van der Waals surface area contributed by atoms with Crippen LogP contribution in [0.4, 0.5) is 11.4 Å². The zero-order valence-corrected chi connectivity index (χ0v) is 13.8. The maximum Gasteiger partial charge on any atom is 0.269 e. The van der Waals surface area contributed by atoms with Crippen molar-refractivity contribution in [2.45, 2.75) is 32.0 Å². The van der Waals surface area contributed by atoms with E-state index in [1.807, 2.05) is 12.1 Å². The normalized spacial score (nSPS) is 26.2. The number of benzene rings is 1. The van der Waals surface area contributed by atoms with Gasteiger partial charge in [-0.25, -0.2) is 0 Å². The van der Waals surface area contributed by atoms with Crippen molar-refractivity contribution in [1.29, 1.82) is 0 Å². The summed E-state index contributed by atoms with van der Waals surface area (Å²) in [5, 5.41) is 14.1. The predicted molar refractivity (Wildman–Crippen MR) is 90.0 cm³/mol. The highest BCUT2D eigenvalue weighted by molar-refractivity contribution is 5.85. The third-order valence-electron chi connectivity index (χ3n) is 4.58. The lowest BCUT2D eigenvalue weighted by Gasteiger charge is -2.50. The summed E-state index contributed by atoms with van der Waals surface area (Å²) in [6.45, 7) is 8.75. The number of rotatable bonds is 3. The molecular formula is C15H23ClN4O2. The van der Waals surface area contributed by atoms with Crippen LogP contribution in [-0.2, 0) is 0 Å². The van der Waals surface area contributed by atoms with E-state index in [9.17, 15) is 10.1 Å².